The van der Waals surface area contributed by atoms with E-state index in [0.717, 1.165) is 59.4 Å². The molecule has 0 aliphatic heterocycles. The van der Waals surface area contributed by atoms with E-state index >= 15 is 0 Å². The Morgan fingerprint density at radius 1 is 0.927 bits per heavy atom. The van der Waals surface area contributed by atoms with Gasteiger partial charge in [-0.05, 0) is 55.2 Å². The van der Waals surface area contributed by atoms with E-state index in [1.54, 1.807) is 24.3 Å². The number of anilines is 1. The number of rotatable bonds is 11. The first-order valence-electron chi connectivity index (χ1n) is 14.0. The van der Waals surface area contributed by atoms with Crippen molar-refractivity contribution in [2.24, 2.45) is 0 Å². The van der Waals surface area contributed by atoms with Crippen LogP contribution >= 0.6 is 11.6 Å². The van der Waals surface area contributed by atoms with Crippen LogP contribution in [0.3, 0.4) is 0 Å². The topological polar surface area (TPSA) is 86.8 Å². The molecule has 9 heteroatoms. The molecular weight excluding hydrogens is 558 g/mol. The van der Waals surface area contributed by atoms with Gasteiger partial charge in [0.05, 0.1) is 11.9 Å². The van der Waals surface area contributed by atoms with E-state index < -0.39 is 28.5 Å². The molecule has 3 aromatic carbocycles. The Balaban J connectivity index is 1.71. The highest BCUT2D eigenvalue weighted by molar-refractivity contribution is 7.92. The predicted octanol–water partition coefficient (Wildman–Crippen LogP) is 5.50. The molecule has 1 aliphatic carbocycles. The van der Waals surface area contributed by atoms with Crippen molar-refractivity contribution in [1.29, 1.82) is 0 Å². The number of halogens is 1. The predicted molar refractivity (Wildman–Crippen MR) is 164 cm³/mol. The highest BCUT2D eigenvalue weighted by Crippen LogP contribution is 2.23. The van der Waals surface area contributed by atoms with E-state index in [1.165, 1.54) is 4.90 Å². The van der Waals surface area contributed by atoms with Gasteiger partial charge in [0.15, 0.2) is 0 Å². The van der Waals surface area contributed by atoms with Crippen molar-refractivity contribution in [3.8, 4) is 0 Å². The summed E-state index contributed by atoms with van der Waals surface area (Å²) in [5.74, 6) is -0.689. The van der Waals surface area contributed by atoms with Crippen molar-refractivity contribution in [3.63, 3.8) is 0 Å². The van der Waals surface area contributed by atoms with Gasteiger partial charge >= 0.3 is 0 Å². The third kappa shape index (κ3) is 8.81. The van der Waals surface area contributed by atoms with Crippen LogP contribution in [-0.2, 0) is 32.6 Å². The average molecular weight is 596 g/mol. The number of hydrogen-bond donors (Lipinski definition) is 1. The fourth-order valence-electron chi connectivity index (χ4n) is 5.33. The van der Waals surface area contributed by atoms with E-state index in [4.69, 9.17) is 11.6 Å². The second kappa shape index (κ2) is 14.0. The summed E-state index contributed by atoms with van der Waals surface area (Å²) in [6, 6.07) is 22.9. The maximum Gasteiger partial charge on any atom is 0.244 e. The number of nitrogens with zero attached hydrogens (tertiary/aromatic N) is 2. The number of carbonyl (C=O) groups is 2. The zero-order valence-corrected chi connectivity index (χ0v) is 25.2. The van der Waals surface area contributed by atoms with Crippen LogP contribution in [-0.4, -0.2) is 50.0 Å². The molecule has 0 saturated heterocycles. The Morgan fingerprint density at radius 2 is 1.59 bits per heavy atom. The van der Waals surface area contributed by atoms with Crippen molar-refractivity contribution in [3.05, 3.63) is 101 Å². The molecule has 1 fully saturated rings. The van der Waals surface area contributed by atoms with Crippen LogP contribution in [0.15, 0.2) is 78.9 Å². The molecular formula is C32H38ClN3O4S. The number of hydrogen-bond acceptors (Lipinski definition) is 4. The summed E-state index contributed by atoms with van der Waals surface area (Å²) >= 11 is 6.04. The number of carbonyl (C=O) groups excluding carboxylic acids is 2. The first kappa shape index (κ1) is 30.6. The van der Waals surface area contributed by atoms with Gasteiger partial charge in [-0.3, -0.25) is 13.9 Å². The number of nitrogens with one attached hydrogen (secondary N) is 1. The van der Waals surface area contributed by atoms with Crippen molar-refractivity contribution in [2.45, 2.75) is 64.1 Å². The highest BCUT2D eigenvalue weighted by Gasteiger charge is 2.34. The third-order valence-corrected chi connectivity index (χ3v) is 8.84. The van der Waals surface area contributed by atoms with Crippen LogP contribution in [0.1, 0.15) is 48.8 Å². The molecule has 218 valence electrons. The smallest absolute Gasteiger partial charge is 0.244 e. The third-order valence-electron chi connectivity index (χ3n) is 7.45. The Bertz CT molecular complexity index is 1420. The molecule has 7 nitrogen and oxygen atoms in total. The molecule has 0 radical (unpaired) electrons. The van der Waals surface area contributed by atoms with Gasteiger partial charge in [-0.25, -0.2) is 8.42 Å². The maximum atomic E-state index is 14.2. The summed E-state index contributed by atoms with van der Waals surface area (Å²) in [7, 11) is -3.82. The van der Waals surface area contributed by atoms with Crippen molar-refractivity contribution in [2.75, 3.05) is 17.1 Å². The first-order chi connectivity index (χ1) is 19.6. The Kier molecular flexibility index (Phi) is 10.5. The molecule has 0 spiro atoms. The number of amides is 2. The minimum Gasteiger partial charge on any atom is -0.352 e. The van der Waals surface area contributed by atoms with Gasteiger partial charge in [-0.2, -0.15) is 0 Å². The van der Waals surface area contributed by atoms with Gasteiger partial charge < -0.3 is 10.2 Å². The van der Waals surface area contributed by atoms with E-state index in [1.807, 2.05) is 61.5 Å². The fourth-order valence-corrected chi connectivity index (χ4v) is 6.30. The zero-order chi connectivity index (χ0) is 29.4. The number of aryl methyl sites for hydroxylation is 1. The van der Waals surface area contributed by atoms with Crippen molar-refractivity contribution in [1.82, 2.24) is 10.2 Å². The summed E-state index contributed by atoms with van der Waals surface area (Å²) < 4.78 is 26.8. The quantitative estimate of drug-likeness (QED) is 0.317. The molecule has 0 bridgehead atoms. The van der Waals surface area contributed by atoms with Gasteiger partial charge in [-0.1, -0.05) is 91.0 Å². The van der Waals surface area contributed by atoms with Gasteiger partial charge in [0.25, 0.3) is 0 Å². The van der Waals surface area contributed by atoms with Crippen LogP contribution < -0.4 is 9.62 Å². The van der Waals surface area contributed by atoms with E-state index in [2.05, 4.69) is 5.32 Å². The van der Waals surface area contributed by atoms with Crippen LogP contribution in [0, 0.1) is 6.92 Å². The second-order valence-corrected chi connectivity index (χ2v) is 13.1. The first-order valence-corrected chi connectivity index (χ1v) is 16.3. The van der Waals surface area contributed by atoms with E-state index in [0.29, 0.717) is 17.1 Å². The maximum absolute atomic E-state index is 14.2. The molecule has 0 unspecified atom stereocenters. The molecule has 1 saturated carbocycles. The van der Waals surface area contributed by atoms with Crippen LogP contribution in [0.4, 0.5) is 5.69 Å². The molecule has 2 amide bonds. The number of benzene rings is 3. The van der Waals surface area contributed by atoms with Crippen molar-refractivity contribution >= 4 is 39.1 Å². The lowest BCUT2D eigenvalue weighted by Gasteiger charge is -2.35. The Labute approximate surface area is 248 Å². The second-order valence-electron chi connectivity index (χ2n) is 10.8. The van der Waals surface area contributed by atoms with Gasteiger partial charge in [0.2, 0.25) is 21.8 Å². The number of sulfonamides is 1. The summed E-state index contributed by atoms with van der Waals surface area (Å²) in [6.45, 7) is 1.68. The lowest BCUT2D eigenvalue weighted by Crippen LogP contribution is -2.55. The summed E-state index contributed by atoms with van der Waals surface area (Å²) in [5, 5.41) is 3.67. The summed E-state index contributed by atoms with van der Waals surface area (Å²) in [5.41, 5.74) is 3.13. The fraction of sp³-hybridized carbons (Fsp3) is 0.375. The molecule has 41 heavy (non-hydrogen) atoms. The van der Waals surface area contributed by atoms with E-state index in [-0.39, 0.29) is 18.5 Å². The molecule has 1 atom stereocenters. The molecule has 1 aliphatic rings. The minimum absolute atomic E-state index is 0.0621. The van der Waals surface area contributed by atoms with Crippen LogP contribution in [0.2, 0.25) is 5.02 Å². The minimum atomic E-state index is -3.82. The Morgan fingerprint density at radius 3 is 2.22 bits per heavy atom. The Hall–Kier alpha value is -3.36. The van der Waals surface area contributed by atoms with Gasteiger partial charge in [0.1, 0.15) is 12.6 Å². The average Bonchev–Trinajstić information content (AvgIpc) is 2.94. The van der Waals surface area contributed by atoms with Gasteiger partial charge in [-0.15, -0.1) is 0 Å². The van der Waals surface area contributed by atoms with Crippen LogP contribution in [0.25, 0.3) is 0 Å². The molecule has 0 heterocycles. The largest absolute Gasteiger partial charge is 0.352 e. The lowest BCUT2D eigenvalue weighted by molar-refractivity contribution is -0.140. The molecule has 3 aromatic rings. The molecule has 0 aromatic heterocycles. The van der Waals surface area contributed by atoms with Crippen molar-refractivity contribution < 1.29 is 18.0 Å². The standard InChI is InChI=1S/C32H38ClN3O4S/c1-24-10-9-13-26(20-24)22-35(31(37)23-36(41(2,39)40)29-18-16-27(33)17-19-29)30(21-25-11-5-3-6-12-25)32(38)34-28-14-7-4-8-15-28/h3,5-6,9-13,16-20,28,30H,4,7-8,14-15,21-23H2,1-2H3,(H,34,38)/t30-/m1/s1. The SMILES string of the molecule is Cc1cccc(CN(C(=O)CN(c2ccc(Cl)cc2)S(C)(=O)=O)[C@H](Cc2ccccc2)C(=O)NC2CCCCC2)c1. The molecule has 4 rings (SSSR count). The summed E-state index contributed by atoms with van der Waals surface area (Å²) in [4.78, 5) is 29.7. The zero-order valence-electron chi connectivity index (χ0n) is 23.6. The van der Waals surface area contributed by atoms with Crippen LogP contribution in [0.5, 0.6) is 0 Å². The summed E-state index contributed by atoms with van der Waals surface area (Å²) in [6.07, 6.45) is 6.47. The lowest BCUT2D eigenvalue weighted by atomic mass is 9.94. The van der Waals surface area contributed by atoms with E-state index in [9.17, 15) is 18.0 Å². The highest BCUT2D eigenvalue weighted by atomic mass is 35.5. The molecule has 1 N–H and O–H groups in total. The monoisotopic (exact) mass is 595 g/mol. The normalized spacial score (nSPS) is 14.7. The van der Waals surface area contributed by atoms with Gasteiger partial charge in [0, 0.05) is 24.0 Å².